The summed E-state index contributed by atoms with van der Waals surface area (Å²) < 4.78 is 5.85. The van der Waals surface area contributed by atoms with Crippen LogP contribution in [-0.2, 0) is 4.74 Å². The van der Waals surface area contributed by atoms with E-state index in [-0.39, 0.29) is 5.60 Å². The van der Waals surface area contributed by atoms with E-state index in [1.807, 2.05) is 7.11 Å². The predicted molar refractivity (Wildman–Crippen MR) is 65.1 cm³/mol. The Balaban J connectivity index is 1.93. The zero-order chi connectivity index (χ0) is 11.4. The van der Waals surface area contributed by atoms with Crippen LogP contribution in [-0.4, -0.2) is 19.3 Å². The van der Waals surface area contributed by atoms with Crippen LogP contribution in [0.5, 0.6) is 0 Å². The maximum atomic E-state index is 6.01. The third-order valence-corrected chi connectivity index (χ3v) is 6.00. The first-order valence-electron chi connectivity index (χ1n) is 6.86. The molecule has 4 bridgehead atoms. The van der Waals surface area contributed by atoms with Crippen molar-refractivity contribution in [1.29, 1.82) is 0 Å². The highest BCUT2D eigenvalue weighted by Gasteiger charge is 2.58. The molecule has 0 saturated heterocycles. The molecule has 1 unspecified atom stereocenters. The normalized spacial score (nSPS) is 49.3. The summed E-state index contributed by atoms with van der Waals surface area (Å²) >= 11 is 0. The van der Waals surface area contributed by atoms with E-state index in [0.29, 0.717) is 12.0 Å². The molecule has 4 rings (SSSR count). The molecule has 0 aromatic carbocycles. The fourth-order valence-electron chi connectivity index (χ4n) is 5.27. The summed E-state index contributed by atoms with van der Waals surface area (Å²) in [5.41, 5.74) is 6.34. The molecular weight excluding hydrogens is 198 g/mol. The second-order valence-corrected chi connectivity index (χ2v) is 6.84. The summed E-state index contributed by atoms with van der Waals surface area (Å²) in [6, 6.07) is 0. The van der Waals surface area contributed by atoms with Crippen LogP contribution >= 0.6 is 0 Å². The predicted octanol–water partition coefficient (Wildman–Crippen LogP) is 2.57. The molecule has 16 heavy (non-hydrogen) atoms. The van der Waals surface area contributed by atoms with Crippen molar-refractivity contribution in [3.8, 4) is 0 Å². The molecule has 0 aromatic heterocycles. The Bertz CT molecular complexity index is 247. The minimum Gasteiger partial charge on any atom is -0.377 e. The molecular formula is C14H25NO. The average molecular weight is 223 g/mol. The highest BCUT2D eigenvalue weighted by molar-refractivity contribution is 5.09. The molecule has 92 valence electrons. The van der Waals surface area contributed by atoms with Crippen molar-refractivity contribution in [3.63, 3.8) is 0 Å². The van der Waals surface area contributed by atoms with Gasteiger partial charge in [0, 0.05) is 19.1 Å². The fraction of sp³-hybridized carbons (Fsp3) is 1.00. The van der Waals surface area contributed by atoms with Crippen LogP contribution in [0.3, 0.4) is 0 Å². The van der Waals surface area contributed by atoms with Crippen LogP contribution in [0.15, 0.2) is 0 Å². The Hall–Kier alpha value is -0.0800. The van der Waals surface area contributed by atoms with Crippen LogP contribution in [0, 0.1) is 23.2 Å². The molecule has 0 heterocycles. The molecule has 2 heteroatoms. The summed E-state index contributed by atoms with van der Waals surface area (Å²) in [4.78, 5) is 0. The van der Waals surface area contributed by atoms with E-state index in [1.165, 1.54) is 38.5 Å². The van der Waals surface area contributed by atoms with Crippen molar-refractivity contribution >= 4 is 0 Å². The van der Waals surface area contributed by atoms with Gasteiger partial charge in [-0.3, -0.25) is 0 Å². The van der Waals surface area contributed by atoms with E-state index >= 15 is 0 Å². The molecule has 0 radical (unpaired) electrons. The van der Waals surface area contributed by atoms with Gasteiger partial charge in [-0.1, -0.05) is 0 Å². The van der Waals surface area contributed by atoms with E-state index in [4.69, 9.17) is 10.5 Å². The minimum absolute atomic E-state index is 0.0803. The lowest BCUT2D eigenvalue weighted by molar-refractivity contribution is -0.179. The molecule has 4 saturated carbocycles. The lowest BCUT2D eigenvalue weighted by atomic mass is 9.45. The summed E-state index contributed by atoms with van der Waals surface area (Å²) in [6.07, 6.45) is 8.60. The van der Waals surface area contributed by atoms with Gasteiger partial charge in [0.2, 0.25) is 0 Å². The van der Waals surface area contributed by atoms with E-state index in [2.05, 4.69) is 6.92 Å². The maximum absolute atomic E-state index is 6.01. The molecule has 4 aliphatic rings. The van der Waals surface area contributed by atoms with E-state index in [9.17, 15) is 0 Å². The zero-order valence-electron chi connectivity index (χ0n) is 10.7. The standard InChI is InChI=1S/C14H25NO/c1-13(9-15,16-2)14-6-10-3-11(7-14)5-12(4-10)8-14/h10-12H,3-9,15H2,1-2H3. The number of hydrogen-bond acceptors (Lipinski definition) is 2. The largest absolute Gasteiger partial charge is 0.377 e. The Kier molecular flexibility index (Phi) is 2.38. The molecule has 0 amide bonds. The van der Waals surface area contributed by atoms with E-state index in [1.54, 1.807) is 0 Å². The molecule has 1 atom stereocenters. The quantitative estimate of drug-likeness (QED) is 0.798. The Morgan fingerprint density at radius 3 is 1.88 bits per heavy atom. The summed E-state index contributed by atoms with van der Waals surface area (Å²) in [5, 5.41) is 0. The molecule has 0 spiro atoms. The van der Waals surface area contributed by atoms with Crippen molar-refractivity contribution in [1.82, 2.24) is 0 Å². The van der Waals surface area contributed by atoms with Crippen LogP contribution in [0.1, 0.15) is 45.4 Å². The molecule has 0 aromatic rings. The second kappa shape index (κ2) is 3.46. The zero-order valence-corrected chi connectivity index (χ0v) is 10.7. The van der Waals surface area contributed by atoms with Crippen LogP contribution in [0.2, 0.25) is 0 Å². The first-order valence-corrected chi connectivity index (χ1v) is 6.86. The number of ether oxygens (including phenoxy) is 1. The van der Waals surface area contributed by atoms with Crippen molar-refractivity contribution in [2.45, 2.75) is 51.0 Å². The summed E-state index contributed by atoms with van der Waals surface area (Å²) in [6.45, 7) is 2.93. The van der Waals surface area contributed by atoms with E-state index in [0.717, 1.165) is 17.8 Å². The van der Waals surface area contributed by atoms with Gasteiger partial charge in [0.15, 0.2) is 0 Å². The van der Waals surface area contributed by atoms with Crippen molar-refractivity contribution < 1.29 is 4.74 Å². The van der Waals surface area contributed by atoms with Crippen LogP contribution in [0.25, 0.3) is 0 Å². The first-order chi connectivity index (χ1) is 7.61. The highest BCUT2D eigenvalue weighted by atomic mass is 16.5. The number of methoxy groups -OCH3 is 1. The number of hydrogen-bond donors (Lipinski definition) is 1. The fourth-order valence-corrected chi connectivity index (χ4v) is 5.27. The monoisotopic (exact) mass is 223 g/mol. The molecule has 4 aliphatic carbocycles. The van der Waals surface area contributed by atoms with Gasteiger partial charge in [-0.05, 0) is 63.2 Å². The van der Waals surface area contributed by atoms with Gasteiger partial charge >= 0.3 is 0 Å². The van der Waals surface area contributed by atoms with Gasteiger partial charge < -0.3 is 10.5 Å². The van der Waals surface area contributed by atoms with Gasteiger partial charge in [0.05, 0.1) is 5.60 Å². The second-order valence-electron chi connectivity index (χ2n) is 6.84. The molecule has 2 N–H and O–H groups in total. The van der Waals surface area contributed by atoms with Gasteiger partial charge in [0.25, 0.3) is 0 Å². The number of nitrogens with two attached hydrogens (primary N) is 1. The lowest BCUT2D eigenvalue weighted by Crippen LogP contribution is -2.60. The van der Waals surface area contributed by atoms with Gasteiger partial charge in [0.1, 0.15) is 0 Å². The Labute approximate surface area is 98.9 Å². The number of rotatable bonds is 3. The van der Waals surface area contributed by atoms with Gasteiger partial charge in [-0.15, -0.1) is 0 Å². The van der Waals surface area contributed by atoms with Crippen LogP contribution in [0.4, 0.5) is 0 Å². The third-order valence-electron chi connectivity index (χ3n) is 6.00. The minimum atomic E-state index is -0.0803. The van der Waals surface area contributed by atoms with Crippen molar-refractivity contribution in [2.75, 3.05) is 13.7 Å². The molecule has 4 fully saturated rings. The van der Waals surface area contributed by atoms with E-state index < -0.39 is 0 Å². The average Bonchev–Trinajstić information content (AvgIpc) is 2.26. The summed E-state index contributed by atoms with van der Waals surface area (Å²) in [5.74, 6) is 2.94. The SMILES string of the molecule is COC(C)(CN)C12CC3CC(CC(C3)C1)C2. The van der Waals surface area contributed by atoms with Crippen molar-refractivity contribution in [3.05, 3.63) is 0 Å². The maximum Gasteiger partial charge on any atom is 0.0828 e. The molecule has 0 aliphatic heterocycles. The highest BCUT2D eigenvalue weighted by Crippen LogP contribution is 2.64. The topological polar surface area (TPSA) is 35.2 Å². The lowest BCUT2D eigenvalue weighted by Gasteiger charge is -2.62. The third kappa shape index (κ3) is 1.32. The Morgan fingerprint density at radius 2 is 1.56 bits per heavy atom. The van der Waals surface area contributed by atoms with Crippen LogP contribution < -0.4 is 5.73 Å². The Morgan fingerprint density at radius 1 is 1.12 bits per heavy atom. The van der Waals surface area contributed by atoms with Crippen molar-refractivity contribution in [2.24, 2.45) is 28.9 Å². The van der Waals surface area contributed by atoms with Gasteiger partial charge in [-0.25, -0.2) is 0 Å². The first kappa shape index (κ1) is 11.0. The van der Waals surface area contributed by atoms with Gasteiger partial charge in [-0.2, -0.15) is 0 Å². The smallest absolute Gasteiger partial charge is 0.0828 e. The molecule has 2 nitrogen and oxygen atoms in total. The summed E-state index contributed by atoms with van der Waals surface area (Å²) in [7, 11) is 1.85.